The highest BCUT2D eigenvalue weighted by molar-refractivity contribution is 6.60. The molecule has 10 heteroatoms. The van der Waals surface area contributed by atoms with E-state index in [4.69, 9.17) is 0 Å². The van der Waals surface area contributed by atoms with Gasteiger partial charge in [0.1, 0.15) is 34.4 Å². The smallest absolute Gasteiger partial charge is 0.289 e. The second kappa shape index (κ2) is 20.0. The van der Waals surface area contributed by atoms with Gasteiger partial charge in [0.05, 0.1) is 0 Å². The molecule has 3 aliphatic rings. The first-order chi connectivity index (χ1) is 37.5. The van der Waals surface area contributed by atoms with Crippen LogP contribution in [0, 0.1) is 23.3 Å². The van der Waals surface area contributed by atoms with Crippen molar-refractivity contribution in [3.8, 4) is 0 Å². The van der Waals surface area contributed by atoms with Crippen molar-refractivity contribution in [2.45, 2.75) is 24.2 Å². The van der Waals surface area contributed by atoms with Crippen LogP contribution in [0.3, 0.4) is 0 Å². The Morgan fingerprint density at radius 1 is 0.346 bits per heavy atom. The number of carbonyl (C=O) groups excluding carboxylic acids is 2. The van der Waals surface area contributed by atoms with E-state index in [2.05, 4.69) is 0 Å². The van der Waals surface area contributed by atoms with Gasteiger partial charge in [-0.15, -0.1) is 0 Å². The van der Waals surface area contributed by atoms with Gasteiger partial charge in [0.2, 0.25) is 0 Å². The monoisotopic (exact) mass is 1040 g/mol. The molecule has 3 aliphatic carbocycles. The minimum absolute atomic E-state index is 0.145. The van der Waals surface area contributed by atoms with E-state index in [9.17, 15) is 27.2 Å². The van der Waals surface area contributed by atoms with Crippen LogP contribution < -0.4 is 0 Å². The molecule has 0 saturated heterocycles. The Bertz CT molecular complexity index is 3670. The summed E-state index contributed by atoms with van der Waals surface area (Å²) in [6.45, 7) is 1.22. The minimum atomic E-state index is -5.14. The van der Waals surface area contributed by atoms with Gasteiger partial charge in [-0.2, -0.15) is 13.2 Å². The molecule has 0 radical (unpaired) electrons. The highest BCUT2D eigenvalue weighted by Crippen LogP contribution is 2.56. The van der Waals surface area contributed by atoms with Crippen LogP contribution in [-0.2, 0) is 15.0 Å². The van der Waals surface area contributed by atoms with Gasteiger partial charge < -0.3 is 0 Å². The summed E-state index contributed by atoms with van der Waals surface area (Å²) in [7, 11) is 0. The van der Waals surface area contributed by atoms with Crippen molar-refractivity contribution in [3.05, 3.63) is 321 Å². The molecule has 0 aromatic heterocycles. The number of carbonyl (C=O) groups is 2. The maximum Gasteiger partial charge on any atom is 0.406 e. The molecular formula is C68H42F8O2. The average Bonchev–Trinajstić information content (AvgIpc) is 3.98. The fraction of sp³-hybridized carbons (Fsp3) is 0.0588. The number of ketones is 2. The quantitative estimate of drug-likeness (QED) is 0.121. The third-order valence-corrected chi connectivity index (χ3v) is 14.4. The topological polar surface area (TPSA) is 34.1 Å². The molecule has 382 valence electrons. The van der Waals surface area contributed by atoms with Crippen LogP contribution in [0.25, 0.3) is 44.6 Å². The standard InChI is InChI=1S/C68H42F8O2/c1-66(73)39-8-13-49(38-40-66)67(68(74,75)76,50-26-14-43(15-27-50)58-56(41-9-4-2-5-10-41)60(45-18-30-52(69)31-19-45)64(77)62(58)47-22-34-54(71)35-23-47)51-28-16-44(17-29-51)59-57(42-11-6-3-7-12-42)61(46-20-32-53(70)33-21-46)65(78)63(59)48-24-36-55(72)37-25-48/h2-40H,1H3. The SMILES string of the molecule is CC1(F)C=CC=C(C(c2ccc(C3=C(c4ccc(F)cc4)C(=O)C(c4ccc(F)cc4)=C3c3ccccc3)cc2)(c2ccc(C3=C(c4ccc(F)cc4)C(=O)C(c4ccc(F)cc4)=C3c3ccccc3)cc2)C(F)(F)F)C=C1. The van der Waals surface area contributed by atoms with E-state index in [1.54, 1.807) is 60.7 Å². The summed E-state index contributed by atoms with van der Waals surface area (Å²) < 4.78 is 125. The molecule has 0 heterocycles. The van der Waals surface area contributed by atoms with Crippen LogP contribution in [-0.4, -0.2) is 23.4 Å². The highest BCUT2D eigenvalue weighted by Gasteiger charge is 2.59. The number of Topliss-reactive ketones (excluding diaryl/α,β-unsaturated/α-hetero) is 2. The first kappa shape index (κ1) is 50.9. The largest absolute Gasteiger partial charge is 0.406 e. The molecule has 78 heavy (non-hydrogen) atoms. The molecule has 8 aromatic carbocycles. The van der Waals surface area contributed by atoms with Crippen LogP contribution >= 0.6 is 0 Å². The van der Waals surface area contributed by atoms with Crippen molar-refractivity contribution < 1.29 is 44.7 Å². The van der Waals surface area contributed by atoms with Crippen molar-refractivity contribution in [2.75, 3.05) is 0 Å². The van der Waals surface area contributed by atoms with Gasteiger partial charge in [0.15, 0.2) is 11.6 Å². The number of alkyl halides is 4. The summed E-state index contributed by atoms with van der Waals surface area (Å²) in [6.07, 6.45) is 0.660. The van der Waals surface area contributed by atoms with Crippen LogP contribution in [0.1, 0.15) is 62.6 Å². The number of hydrogen-bond donors (Lipinski definition) is 0. The van der Waals surface area contributed by atoms with Crippen LogP contribution in [0.2, 0.25) is 0 Å². The zero-order chi connectivity index (χ0) is 54.5. The lowest BCUT2D eigenvalue weighted by molar-refractivity contribution is -0.166. The van der Waals surface area contributed by atoms with Crippen molar-refractivity contribution >= 4 is 56.2 Å². The Labute approximate surface area is 444 Å². The van der Waals surface area contributed by atoms with Gasteiger partial charge in [-0.3, -0.25) is 9.59 Å². The molecule has 1 unspecified atom stereocenters. The van der Waals surface area contributed by atoms with E-state index in [1.165, 1.54) is 165 Å². The number of allylic oxidation sites excluding steroid dienone is 14. The molecule has 0 fully saturated rings. The summed E-state index contributed by atoms with van der Waals surface area (Å²) in [5, 5.41) is 0. The normalized spacial score (nSPS) is 16.9. The predicted octanol–water partition coefficient (Wildman–Crippen LogP) is 17.1. The third-order valence-electron chi connectivity index (χ3n) is 14.4. The minimum Gasteiger partial charge on any atom is -0.289 e. The lowest BCUT2D eigenvalue weighted by Gasteiger charge is -2.38. The second-order valence-electron chi connectivity index (χ2n) is 19.3. The van der Waals surface area contributed by atoms with Crippen LogP contribution in [0.5, 0.6) is 0 Å². The molecule has 0 saturated carbocycles. The number of hydrogen-bond acceptors (Lipinski definition) is 2. The maximum absolute atomic E-state index is 17.1. The first-order valence-electron chi connectivity index (χ1n) is 24.8. The number of halogens is 8. The molecule has 2 nitrogen and oxygen atoms in total. The average molecular weight is 1040 g/mol. The van der Waals surface area contributed by atoms with E-state index in [0.29, 0.717) is 66.8 Å². The van der Waals surface area contributed by atoms with E-state index < -0.39 is 52.1 Å². The summed E-state index contributed by atoms with van der Waals surface area (Å²) in [5.74, 6) is -3.13. The molecule has 0 spiro atoms. The molecule has 0 N–H and O–H groups in total. The number of rotatable bonds is 11. The molecular weight excluding hydrogens is 1000 g/mol. The molecule has 1 atom stereocenters. The van der Waals surface area contributed by atoms with Crippen LogP contribution in [0.15, 0.2) is 242 Å². The zero-order valence-electron chi connectivity index (χ0n) is 41.4. The lowest BCUT2D eigenvalue weighted by atomic mass is 9.67. The first-order valence-corrected chi connectivity index (χ1v) is 24.8. The molecule has 8 aromatic rings. The van der Waals surface area contributed by atoms with Gasteiger partial charge in [0, 0.05) is 44.6 Å². The highest BCUT2D eigenvalue weighted by atomic mass is 19.4. The zero-order valence-corrected chi connectivity index (χ0v) is 41.4. The summed E-state index contributed by atoms with van der Waals surface area (Å²) >= 11 is 0. The van der Waals surface area contributed by atoms with Crippen LogP contribution in [0.4, 0.5) is 35.1 Å². The van der Waals surface area contributed by atoms with Crippen molar-refractivity contribution in [1.29, 1.82) is 0 Å². The Morgan fingerprint density at radius 2 is 0.615 bits per heavy atom. The fourth-order valence-electron chi connectivity index (χ4n) is 10.9. The van der Waals surface area contributed by atoms with E-state index in [0.717, 1.165) is 18.2 Å². The van der Waals surface area contributed by atoms with Gasteiger partial charge in [-0.25, -0.2) is 22.0 Å². The van der Waals surface area contributed by atoms with Gasteiger partial charge in [-0.05, 0) is 129 Å². The predicted molar refractivity (Wildman–Crippen MR) is 291 cm³/mol. The Morgan fingerprint density at radius 3 is 0.910 bits per heavy atom. The second-order valence-corrected chi connectivity index (χ2v) is 19.3. The third kappa shape index (κ3) is 9.02. The van der Waals surface area contributed by atoms with Gasteiger partial charge in [0.25, 0.3) is 0 Å². The fourth-order valence-corrected chi connectivity index (χ4v) is 10.9. The van der Waals surface area contributed by atoms with E-state index in [1.807, 2.05) is 0 Å². The summed E-state index contributed by atoms with van der Waals surface area (Å²) in [6, 6.07) is 50.4. The Hall–Kier alpha value is -9.28. The van der Waals surface area contributed by atoms with Gasteiger partial charge >= 0.3 is 6.18 Å². The Balaban J connectivity index is 1.13. The van der Waals surface area contributed by atoms with E-state index in [-0.39, 0.29) is 39.0 Å². The van der Waals surface area contributed by atoms with Crippen molar-refractivity contribution in [3.63, 3.8) is 0 Å². The molecule has 0 aliphatic heterocycles. The van der Waals surface area contributed by atoms with Gasteiger partial charge in [-0.1, -0.05) is 176 Å². The van der Waals surface area contributed by atoms with E-state index >= 15 is 17.6 Å². The Kier molecular flexibility index (Phi) is 13.1. The summed E-state index contributed by atoms with van der Waals surface area (Å²) in [5.41, 5.74) is -0.533. The molecule has 11 rings (SSSR count). The van der Waals surface area contributed by atoms with Crippen molar-refractivity contribution in [2.24, 2.45) is 0 Å². The molecule has 0 bridgehead atoms. The lowest BCUT2D eigenvalue weighted by Crippen LogP contribution is -2.45. The number of benzene rings is 8. The molecule has 0 amide bonds. The van der Waals surface area contributed by atoms with Crippen molar-refractivity contribution in [1.82, 2.24) is 0 Å². The maximum atomic E-state index is 17.1. The summed E-state index contributed by atoms with van der Waals surface area (Å²) in [4.78, 5) is 30.0.